The largest absolute Gasteiger partial charge is 0.484 e. The van der Waals surface area contributed by atoms with Crippen LogP contribution in [0.3, 0.4) is 0 Å². The van der Waals surface area contributed by atoms with Crippen LogP contribution >= 0.6 is 0 Å². The molecule has 4 heteroatoms. The van der Waals surface area contributed by atoms with Crippen LogP contribution in [0, 0.1) is 0 Å². The Morgan fingerprint density at radius 1 is 1.11 bits per heavy atom. The summed E-state index contributed by atoms with van der Waals surface area (Å²) in [7, 11) is 0. The molecule has 0 radical (unpaired) electrons. The van der Waals surface area contributed by atoms with Crippen molar-refractivity contribution >= 4 is 17.3 Å². The van der Waals surface area contributed by atoms with Crippen LogP contribution in [-0.4, -0.2) is 12.5 Å². The molecule has 2 aromatic carbocycles. The summed E-state index contributed by atoms with van der Waals surface area (Å²) in [4.78, 5) is 11.6. The maximum atomic E-state index is 11.6. The number of hydrogen-bond donors (Lipinski definition) is 2. The number of rotatable bonds is 4. The van der Waals surface area contributed by atoms with E-state index >= 15 is 0 Å². The summed E-state index contributed by atoms with van der Waals surface area (Å²) in [6.45, 7) is -0.0433. The van der Waals surface area contributed by atoms with Crippen molar-refractivity contribution in [3.05, 3.63) is 54.6 Å². The van der Waals surface area contributed by atoms with E-state index in [0.29, 0.717) is 11.4 Å². The molecule has 0 bridgehead atoms. The molecule has 3 N–H and O–H groups in total. The van der Waals surface area contributed by atoms with E-state index in [9.17, 15) is 4.79 Å². The normalized spacial score (nSPS) is 9.78. The molecule has 0 fully saturated rings. The average molecular weight is 242 g/mol. The van der Waals surface area contributed by atoms with Gasteiger partial charge >= 0.3 is 0 Å². The molecule has 0 saturated carbocycles. The number of carbonyl (C=O) groups is 1. The fraction of sp³-hybridized carbons (Fsp3) is 0.0714. The molecule has 0 aliphatic carbocycles. The fourth-order valence-electron chi connectivity index (χ4n) is 1.47. The number of anilines is 2. The highest BCUT2D eigenvalue weighted by Crippen LogP contribution is 2.14. The predicted octanol–water partition coefficient (Wildman–Crippen LogP) is 2.29. The molecule has 0 heterocycles. The molecule has 0 spiro atoms. The van der Waals surface area contributed by atoms with Gasteiger partial charge in [0.15, 0.2) is 6.61 Å². The standard InChI is InChI=1S/C14H14N2O2/c15-11-5-4-8-13(9-11)18-10-14(17)16-12-6-2-1-3-7-12/h1-9H,10,15H2,(H,16,17). The van der Waals surface area contributed by atoms with Gasteiger partial charge in [-0.3, -0.25) is 4.79 Å². The van der Waals surface area contributed by atoms with Crippen molar-refractivity contribution in [1.82, 2.24) is 0 Å². The number of benzene rings is 2. The van der Waals surface area contributed by atoms with E-state index in [1.54, 1.807) is 24.3 Å². The van der Waals surface area contributed by atoms with Crippen LogP contribution in [0.25, 0.3) is 0 Å². The van der Waals surface area contributed by atoms with Gasteiger partial charge < -0.3 is 15.8 Å². The van der Waals surface area contributed by atoms with Crippen molar-refractivity contribution in [3.8, 4) is 5.75 Å². The van der Waals surface area contributed by atoms with Gasteiger partial charge in [0.1, 0.15) is 5.75 Å². The maximum Gasteiger partial charge on any atom is 0.262 e. The van der Waals surface area contributed by atoms with E-state index in [2.05, 4.69) is 5.32 Å². The zero-order chi connectivity index (χ0) is 12.8. The number of hydrogen-bond acceptors (Lipinski definition) is 3. The van der Waals surface area contributed by atoms with Crippen LogP contribution in [0.5, 0.6) is 5.75 Å². The predicted molar refractivity (Wildman–Crippen MR) is 71.4 cm³/mol. The van der Waals surface area contributed by atoms with E-state index < -0.39 is 0 Å². The first kappa shape index (κ1) is 12.0. The summed E-state index contributed by atoms with van der Waals surface area (Å²) in [5.74, 6) is 0.377. The zero-order valence-corrected chi connectivity index (χ0v) is 9.80. The average Bonchev–Trinajstić information content (AvgIpc) is 2.38. The molecule has 1 amide bonds. The maximum absolute atomic E-state index is 11.6. The minimum Gasteiger partial charge on any atom is -0.484 e. The topological polar surface area (TPSA) is 64.3 Å². The first-order valence-electron chi connectivity index (χ1n) is 5.57. The SMILES string of the molecule is Nc1cccc(OCC(=O)Nc2ccccc2)c1. The molecule has 4 nitrogen and oxygen atoms in total. The fourth-order valence-corrected chi connectivity index (χ4v) is 1.47. The Bertz CT molecular complexity index is 526. The molecule has 92 valence electrons. The summed E-state index contributed by atoms with van der Waals surface area (Å²) in [6.07, 6.45) is 0. The van der Waals surface area contributed by atoms with Crippen LogP contribution in [0.4, 0.5) is 11.4 Å². The van der Waals surface area contributed by atoms with E-state index in [1.165, 1.54) is 0 Å². The number of amides is 1. The highest BCUT2D eigenvalue weighted by Gasteiger charge is 2.03. The Labute approximate surface area is 105 Å². The lowest BCUT2D eigenvalue weighted by molar-refractivity contribution is -0.118. The van der Waals surface area contributed by atoms with Gasteiger partial charge in [0.2, 0.25) is 0 Å². The second kappa shape index (κ2) is 5.72. The van der Waals surface area contributed by atoms with Crippen molar-refractivity contribution in [2.24, 2.45) is 0 Å². The van der Waals surface area contributed by atoms with E-state index in [0.717, 1.165) is 5.69 Å². The van der Waals surface area contributed by atoms with Crippen LogP contribution < -0.4 is 15.8 Å². The highest BCUT2D eigenvalue weighted by molar-refractivity contribution is 5.91. The quantitative estimate of drug-likeness (QED) is 0.808. The van der Waals surface area contributed by atoms with E-state index in [1.807, 2.05) is 30.3 Å². The van der Waals surface area contributed by atoms with Gasteiger partial charge in [0, 0.05) is 17.4 Å². The number of ether oxygens (including phenoxy) is 1. The van der Waals surface area contributed by atoms with Crippen molar-refractivity contribution in [2.75, 3.05) is 17.7 Å². The highest BCUT2D eigenvalue weighted by atomic mass is 16.5. The van der Waals surface area contributed by atoms with E-state index in [-0.39, 0.29) is 12.5 Å². The number of nitrogen functional groups attached to an aromatic ring is 1. The number of para-hydroxylation sites is 1. The van der Waals surface area contributed by atoms with Crippen molar-refractivity contribution in [2.45, 2.75) is 0 Å². The Kier molecular flexibility index (Phi) is 3.81. The second-order valence-electron chi connectivity index (χ2n) is 3.78. The molecular formula is C14H14N2O2. The van der Waals surface area contributed by atoms with E-state index in [4.69, 9.17) is 10.5 Å². The van der Waals surface area contributed by atoms with Crippen molar-refractivity contribution < 1.29 is 9.53 Å². The lowest BCUT2D eigenvalue weighted by Crippen LogP contribution is -2.20. The summed E-state index contributed by atoms with van der Waals surface area (Å²) in [5, 5.41) is 2.73. The second-order valence-corrected chi connectivity index (χ2v) is 3.78. The van der Waals surface area contributed by atoms with Crippen LogP contribution in [0.15, 0.2) is 54.6 Å². The van der Waals surface area contributed by atoms with Gasteiger partial charge in [-0.15, -0.1) is 0 Å². The first-order chi connectivity index (χ1) is 8.74. The van der Waals surface area contributed by atoms with Crippen LogP contribution in [-0.2, 0) is 4.79 Å². The Hall–Kier alpha value is -2.49. The number of nitrogens with two attached hydrogens (primary N) is 1. The Balaban J connectivity index is 1.85. The van der Waals surface area contributed by atoms with Gasteiger partial charge in [0.25, 0.3) is 5.91 Å². The lowest BCUT2D eigenvalue weighted by Gasteiger charge is -2.07. The van der Waals surface area contributed by atoms with Gasteiger partial charge in [-0.05, 0) is 24.3 Å². The molecule has 0 unspecified atom stereocenters. The van der Waals surface area contributed by atoms with Gasteiger partial charge in [-0.1, -0.05) is 24.3 Å². The molecule has 0 aromatic heterocycles. The third kappa shape index (κ3) is 3.52. The van der Waals surface area contributed by atoms with Gasteiger partial charge in [0.05, 0.1) is 0 Å². The molecular weight excluding hydrogens is 228 g/mol. The number of nitrogens with one attached hydrogen (secondary N) is 1. The summed E-state index contributed by atoms with van der Waals surface area (Å²) < 4.78 is 5.33. The molecule has 0 aliphatic rings. The van der Waals surface area contributed by atoms with Gasteiger partial charge in [-0.25, -0.2) is 0 Å². The summed E-state index contributed by atoms with van der Waals surface area (Å²) in [5.41, 5.74) is 6.96. The lowest BCUT2D eigenvalue weighted by atomic mass is 10.3. The Morgan fingerprint density at radius 2 is 1.89 bits per heavy atom. The third-order valence-electron chi connectivity index (χ3n) is 2.29. The smallest absolute Gasteiger partial charge is 0.262 e. The summed E-state index contributed by atoms with van der Waals surface area (Å²) in [6, 6.07) is 16.2. The molecule has 2 aromatic rings. The monoisotopic (exact) mass is 242 g/mol. The van der Waals surface area contributed by atoms with Crippen LogP contribution in [0.2, 0.25) is 0 Å². The zero-order valence-electron chi connectivity index (χ0n) is 9.80. The van der Waals surface area contributed by atoms with Crippen LogP contribution in [0.1, 0.15) is 0 Å². The Morgan fingerprint density at radius 3 is 2.61 bits per heavy atom. The minimum atomic E-state index is -0.205. The third-order valence-corrected chi connectivity index (χ3v) is 2.29. The molecule has 0 saturated heterocycles. The molecule has 18 heavy (non-hydrogen) atoms. The van der Waals surface area contributed by atoms with Gasteiger partial charge in [-0.2, -0.15) is 0 Å². The molecule has 0 atom stereocenters. The van der Waals surface area contributed by atoms with Crippen molar-refractivity contribution in [1.29, 1.82) is 0 Å². The number of carbonyl (C=O) groups excluding carboxylic acids is 1. The molecule has 2 rings (SSSR count). The van der Waals surface area contributed by atoms with Crippen molar-refractivity contribution in [3.63, 3.8) is 0 Å². The minimum absolute atomic E-state index is 0.0433. The summed E-state index contributed by atoms with van der Waals surface area (Å²) >= 11 is 0. The first-order valence-corrected chi connectivity index (χ1v) is 5.57. The molecule has 0 aliphatic heterocycles.